The maximum Gasteiger partial charge on any atom is 0.144 e. The molecule has 1 heterocycles. The SMILES string of the molecule is CC(C)(C)[S@@](=O)/N=C/c1cnccc1Br. The first-order chi connectivity index (χ1) is 6.91. The predicted molar refractivity (Wildman–Crippen MR) is 67.4 cm³/mol. The molecule has 1 atom stereocenters. The fourth-order valence-electron chi connectivity index (χ4n) is 0.747. The Morgan fingerprint density at radius 1 is 1.53 bits per heavy atom. The van der Waals surface area contributed by atoms with Crippen LogP contribution < -0.4 is 0 Å². The molecular weight excluding hydrogens is 276 g/mol. The number of rotatable bonds is 2. The van der Waals surface area contributed by atoms with E-state index in [1.807, 2.05) is 26.8 Å². The largest absolute Gasteiger partial charge is 0.264 e. The van der Waals surface area contributed by atoms with Crippen LogP contribution in [0, 0.1) is 0 Å². The van der Waals surface area contributed by atoms with Gasteiger partial charge < -0.3 is 0 Å². The molecule has 0 fully saturated rings. The van der Waals surface area contributed by atoms with Gasteiger partial charge >= 0.3 is 0 Å². The predicted octanol–water partition coefficient (Wildman–Crippen LogP) is 2.73. The van der Waals surface area contributed by atoms with Gasteiger partial charge in [-0.1, -0.05) is 15.9 Å². The quantitative estimate of drug-likeness (QED) is 0.786. The van der Waals surface area contributed by atoms with Crippen LogP contribution in [0.25, 0.3) is 0 Å². The zero-order valence-corrected chi connectivity index (χ0v) is 11.3. The average Bonchev–Trinajstić information content (AvgIpc) is 2.14. The van der Waals surface area contributed by atoms with E-state index in [1.54, 1.807) is 18.6 Å². The summed E-state index contributed by atoms with van der Waals surface area (Å²) in [4.78, 5) is 3.97. The van der Waals surface area contributed by atoms with Gasteiger partial charge in [0.1, 0.15) is 11.0 Å². The van der Waals surface area contributed by atoms with Crippen molar-refractivity contribution in [1.82, 2.24) is 4.98 Å². The van der Waals surface area contributed by atoms with Gasteiger partial charge in [-0.3, -0.25) is 4.98 Å². The van der Waals surface area contributed by atoms with Gasteiger partial charge in [0.15, 0.2) is 0 Å². The Labute approximate surface area is 101 Å². The Bertz CT molecular complexity index is 399. The average molecular weight is 289 g/mol. The standard InChI is InChI=1S/C10H13BrN2OS/c1-10(2,3)15(14)13-7-8-6-12-5-4-9(8)11/h4-7H,1-3H3/b13-7+/t15-/m1/s1. The van der Waals surface area contributed by atoms with Gasteiger partial charge in [0.2, 0.25) is 0 Å². The summed E-state index contributed by atoms with van der Waals surface area (Å²) in [6.45, 7) is 5.66. The number of halogens is 1. The first-order valence-corrected chi connectivity index (χ1v) is 6.37. The summed E-state index contributed by atoms with van der Waals surface area (Å²) < 4.78 is 16.2. The maximum absolute atomic E-state index is 11.6. The Kier molecular flexibility index (Phi) is 4.16. The molecular formula is C10H13BrN2OS. The number of pyridine rings is 1. The molecule has 0 aromatic carbocycles. The van der Waals surface area contributed by atoms with Gasteiger partial charge in [-0.05, 0) is 26.8 Å². The summed E-state index contributed by atoms with van der Waals surface area (Å²) >= 11 is 3.37. The fraction of sp³-hybridized carbons (Fsp3) is 0.400. The highest BCUT2D eigenvalue weighted by Gasteiger charge is 2.18. The molecule has 0 saturated carbocycles. The van der Waals surface area contributed by atoms with E-state index in [2.05, 4.69) is 25.3 Å². The Balaban J connectivity index is 2.84. The van der Waals surface area contributed by atoms with Crippen LogP contribution in [-0.2, 0) is 11.0 Å². The molecule has 5 heteroatoms. The van der Waals surface area contributed by atoms with Gasteiger partial charge in [-0.15, -0.1) is 0 Å². The molecule has 0 aliphatic carbocycles. The molecule has 0 bridgehead atoms. The molecule has 0 aliphatic rings. The summed E-state index contributed by atoms with van der Waals surface area (Å²) in [6, 6.07) is 1.82. The van der Waals surface area contributed by atoms with E-state index < -0.39 is 11.0 Å². The van der Waals surface area contributed by atoms with Crippen LogP contribution in [0.3, 0.4) is 0 Å². The van der Waals surface area contributed by atoms with Crippen molar-refractivity contribution in [2.24, 2.45) is 4.40 Å². The normalized spacial score (nSPS) is 14.4. The lowest BCUT2D eigenvalue weighted by molar-refractivity contribution is 0.651. The summed E-state index contributed by atoms with van der Waals surface area (Å²) in [6.07, 6.45) is 4.94. The van der Waals surface area contributed by atoms with Crippen molar-refractivity contribution in [2.45, 2.75) is 25.5 Å². The molecule has 1 aromatic rings. The zero-order valence-electron chi connectivity index (χ0n) is 8.90. The van der Waals surface area contributed by atoms with E-state index in [4.69, 9.17) is 0 Å². The van der Waals surface area contributed by atoms with Crippen molar-refractivity contribution in [2.75, 3.05) is 0 Å². The monoisotopic (exact) mass is 288 g/mol. The van der Waals surface area contributed by atoms with Gasteiger partial charge in [-0.25, -0.2) is 4.21 Å². The minimum Gasteiger partial charge on any atom is -0.264 e. The molecule has 3 nitrogen and oxygen atoms in total. The third kappa shape index (κ3) is 3.83. The van der Waals surface area contributed by atoms with E-state index >= 15 is 0 Å². The number of aromatic nitrogens is 1. The Morgan fingerprint density at radius 3 is 2.73 bits per heavy atom. The van der Waals surface area contributed by atoms with Crippen LogP contribution in [0.4, 0.5) is 0 Å². The third-order valence-electron chi connectivity index (χ3n) is 1.61. The van der Waals surface area contributed by atoms with E-state index in [9.17, 15) is 4.21 Å². The van der Waals surface area contributed by atoms with Crippen molar-refractivity contribution < 1.29 is 4.21 Å². The maximum atomic E-state index is 11.6. The van der Waals surface area contributed by atoms with Crippen molar-refractivity contribution in [3.05, 3.63) is 28.5 Å². The highest BCUT2D eigenvalue weighted by molar-refractivity contribution is 9.10. The molecule has 1 aromatic heterocycles. The molecule has 0 radical (unpaired) electrons. The van der Waals surface area contributed by atoms with E-state index in [1.165, 1.54) is 0 Å². The molecule has 82 valence electrons. The van der Waals surface area contributed by atoms with Crippen LogP contribution in [0.15, 0.2) is 27.3 Å². The molecule has 0 spiro atoms. The van der Waals surface area contributed by atoms with Crippen LogP contribution in [0.1, 0.15) is 26.3 Å². The van der Waals surface area contributed by atoms with Crippen molar-refractivity contribution in [1.29, 1.82) is 0 Å². The molecule has 15 heavy (non-hydrogen) atoms. The van der Waals surface area contributed by atoms with Crippen molar-refractivity contribution in [3.63, 3.8) is 0 Å². The van der Waals surface area contributed by atoms with Crippen LogP contribution >= 0.6 is 15.9 Å². The second-order valence-corrected chi connectivity index (χ2v) is 6.78. The molecule has 0 amide bonds. The first kappa shape index (κ1) is 12.5. The van der Waals surface area contributed by atoms with Crippen LogP contribution in [-0.4, -0.2) is 20.2 Å². The van der Waals surface area contributed by atoms with Gasteiger partial charge in [0, 0.05) is 28.6 Å². The molecule has 0 N–H and O–H groups in total. The van der Waals surface area contributed by atoms with Crippen molar-refractivity contribution >= 4 is 33.1 Å². The second-order valence-electron chi connectivity index (χ2n) is 3.99. The highest BCUT2D eigenvalue weighted by atomic mass is 79.9. The second kappa shape index (κ2) is 4.99. The van der Waals surface area contributed by atoms with Gasteiger partial charge in [0.05, 0.1) is 4.75 Å². The minimum atomic E-state index is -1.23. The fourth-order valence-corrected chi connectivity index (χ4v) is 1.60. The Hall–Kier alpha value is -0.550. The molecule has 0 saturated heterocycles. The Morgan fingerprint density at radius 2 is 2.20 bits per heavy atom. The van der Waals surface area contributed by atoms with E-state index in [-0.39, 0.29) is 4.75 Å². The smallest absolute Gasteiger partial charge is 0.144 e. The van der Waals surface area contributed by atoms with E-state index in [0.717, 1.165) is 10.0 Å². The van der Waals surface area contributed by atoms with Gasteiger partial charge in [0.25, 0.3) is 0 Å². The summed E-state index contributed by atoms with van der Waals surface area (Å²) in [5.74, 6) is 0. The van der Waals surface area contributed by atoms with Crippen molar-refractivity contribution in [3.8, 4) is 0 Å². The van der Waals surface area contributed by atoms with Crippen LogP contribution in [0.2, 0.25) is 0 Å². The number of nitrogens with zero attached hydrogens (tertiary/aromatic N) is 2. The topological polar surface area (TPSA) is 42.3 Å². The third-order valence-corrected chi connectivity index (χ3v) is 3.67. The molecule has 1 rings (SSSR count). The number of hydrogen-bond donors (Lipinski definition) is 0. The van der Waals surface area contributed by atoms with Gasteiger partial charge in [-0.2, -0.15) is 4.40 Å². The first-order valence-electron chi connectivity index (χ1n) is 4.47. The summed E-state index contributed by atoms with van der Waals surface area (Å²) in [5.41, 5.74) is 0.829. The minimum absolute atomic E-state index is 0.328. The lowest BCUT2D eigenvalue weighted by atomic mass is 10.3. The highest BCUT2D eigenvalue weighted by Crippen LogP contribution is 2.15. The molecule has 0 unspecified atom stereocenters. The number of hydrogen-bond acceptors (Lipinski definition) is 2. The molecule has 0 aliphatic heterocycles. The lowest BCUT2D eigenvalue weighted by Crippen LogP contribution is -2.19. The van der Waals surface area contributed by atoms with Crippen LogP contribution in [0.5, 0.6) is 0 Å². The zero-order chi connectivity index (χ0) is 11.5. The lowest BCUT2D eigenvalue weighted by Gasteiger charge is -2.12. The van der Waals surface area contributed by atoms with E-state index in [0.29, 0.717) is 0 Å². The summed E-state index contributed by atoms with van der Waals surface area (Å²) in [5, 5.41) is 0. The summed E-state index contributed by atoms with van der Waals surface area (Å²) in [7, 11) is -1.23.